The van der Waals surface area contributed by atoms with E-state index in [-0.39, 0.29) is 25.3 Å². The van der Waals surface area contributed by atoms with Gasteiger partial charge < -0.3 is 9.47 Å². The lowest BCUT2D eigenvalue weighted by molar-refractivity contribution is -0.384. The highest BCUT2D eigenvalue weighted by atomic mass is 16.6. The van der Waals surface area contributed by atoms with E-state index in [1.54, 1.807) is 38.1 Å². The van der Waals surface area contributed by atoms with Crippen LogP contribution in [0.5, 0.6) is 0 Å². The lowest BCUT2D eigenvalue weighted by Crippen LogP contribution is -2.44. The quantitative estimate of drug-likeness (QED) is 0.200. The van der Waals surface area contributed by atoms with Crippen LogP contribution in [0.2, 0.25) is 0 Å². The van der Waals surface area contributed by atoms with E-state index in [4.69, 9.17) is 9.47 Å². The van der Waals surface area contributed by atoms with E-state index >= 15 is 0 Å². The van der Waals surface area contributed by atoms with Crippen LogP contribution in [0.4, 0.5) is 5.69 Å². The zero-order valence-corrected chi connectivity index (χ0v) is 19.5. The van der Waals surface area contributed by atoms with Crippen molar-refractivity contribution in [2.45, 2.75) is 25.7 Å². The van der Waals surface area contributed by atoms with Crippen LogP contribution in [-0.4, -0.2) is 30.1 Å². The summed E-state index contributed by atoms with van der Waals surface area (Å²) in [6.45, 7) is 3.59. The van der Waals surface area contributed by atoms with Gasteiger partial charge in [-0.05, 0) is 47.2 Å². The summed E-state index contributed by atoms with van der Waals surface area (Å²) in [6.07, 6.45) is 0.0108. The van der Waals surface area contributed by atoms with Crippen molar-refractivity contribution in [1.82, 2.24) is 0 Å². The molecule has 7 nitrogen and oxygen atoms in total. The van der Waals surface area contributed by atoms with Gasteiger partial charge in [-0.2, -0.15) is 0 Å². The van der Waals surface area contributed by atoms with Crippen molar-refractivity contribution in [2.24, 2.45) is 0 Å². The van der Waals surface area contributed by atoms with Crippen LogP contribution < -0.4 is 0 Å². The lowest BCUT2D eigenvalue weighted by atomic mass is 9.81. The number of nitro groups is 1. The Morgan fingerprint density at radius 2 is 1.46 bits per heavy atom. The van der Waals surface area contributed by atoms with Gasteiger partial charge in [0.05, 0.1) is 18.1 Å². The fourth-order valence-corrected chi connectivity index (χ4v) is 4.65. The van der Waals surface area contributed by atoms with Crippen LogP contribution >= 0.6 is 0 Å². The first-order chi connectivity index (χ1) is 16.9. The molecule has 3 aromatic carbocycles. The highest BCUT2D eigenvalue weighted by Crippen LogP contribution is 2.51. The predicted molar refractivity (Wildman–Crippen MR) is 131 cm³/mol. The minimum atomic E-state index is -1.67. The number of ether oxygens (including phenoxy) is 2. The molecule has 0 saturated carbocycles. The summed E-state index contributed by atoms with van der Waals surface area (Å²) in [5, 5.41) is 11.5. The molecule has 35 heavy (non-hydrogen) atoms. The van der Waals surface area contributed by atoms with Crippen molar-refractivity contribution in [2.75, 3.05) is 13.2 Å². The van der Waals surface area contributed by atoms with E-state index < -0.39 is 22.3 Å². The minimum Gasteiger partial charge on any atom is -0.465 e. The minimum absolute atomic E-state index is 0.0108. The average Bonchev–Trinajstić information content (AvgIpc) is 3.22. The third kappa shape index (κ3) is 4.21. The summed E-state index contributed by atoms with van der Waals surface area (Å²) in [5.74, 6) is -1.35. The maximum Gasteiger partial charge on any atom is 0.328 e. The molecule has 0 radical (unpaired) electrons. The molecule has 1 aliphatic carbocycles. The van der Waals surface area contributed by atoms with Gasteiger partial charge in [-0.1, -0.05) is 66.7 Å². The Morgan fingerprint density at radius 1 is 0.857 bits per heavy atom. The van der Waals surface area contributed by atoms with Crippen molar-refractivity contribution in [3.8, 4) is 0 Å². The van der Waals surface area contributed by atoms with Gasteiger partial charge in [0.25, 0.3) is 5.69 Å². The SMILES string of the molecule is CCOC(=O)C1(C(=O)OCC)C/C(=C(\c2ccccc2)c2cccc([N+](=O)[O-])c2)c2ccccc21. The van der Waals surface area contributed by atoms with Gasteiger partial charge >= 0.3 is 11.9 Å². The number of carbonyl (C=O) groups is 2. The van der Waals surface area contributed by atoms with E-state index in [0.29, 0.717) is 27.8 Å². The van der Waals surface area contributed by atoms with Crippen molar-refractivity contribution in [1.29, 1.82) is 0 Å². The van der Waals surface area contributed by atoms with Crippen LogP contribution in [0.15, 0.2) is 78.9 Å². The molecule has 4 rings (SSSR count). The summed E-state index contributed by atoms with van der Waals surface area (Å²) in [4.78, 5) is 37.9. The molecule has 0 atom stereocenters. The van der Waals surface area contributed by atoms with E-state index in [0.717, 1.165) is 5.56 Å². The zero-order valence-electron chi connectivity index (χ0n) is 19.5. The number of nitro benzene ring substituents is 1. The highest BCUT2D eigenvalue weighted by Gasteiger charge is 2.56. The Morgan fingerprint density at radius 3 is 2.09 bits per heavy atom. The largest absolute Gasteiger partial charge is 0.465 e. The molecule has 0 unspecified atom stereocenters. The summed E-state index contributed by atoms with van der Waals surface area (Å²) >= 11 is 0. The first kappa shape index (κ1) is 23.9. The Bertz CT molecular complexity index is 1290. The molecule has 1 aliphatic rings. The molecule has 3 aromatic rings. The Labute approximate surface area is 203 Å². The second kappa shape index (κ2) is 9.93. The van der Waals surface area contributed by atoms with Gasteiger partial charge in [-0.3, -0.25) is 19.7 Å². The molecule has 0 heterocycles. The smallest absolute Gasteiger partial charge is 0.328 e. The zero-order chi connectivity index (χ0) is 25.0. The Kier molecular flexibility index (Phi) is 6.78. The topological polar surface area (TPSA) is 95.7 Å². The van der Waals surface area contributed by atoms with Gasteiger partial charge in [0.1, 0.15) is 0 Å². The normalized spacial score (nSPS) is 15.1. The number of rotatable bonds is 7. The summed E-state index contributed by atoms with van der Waals surface area (Å²) in [7, 11) is 0. The van der Waals surface area contributed by atoms with Crippen LogP contribution in [-0.2, 0) is 24.5 Å². The number of nitrogens with zero attached hydrogens (tertiary/aromatic N) is 1. The highest BCUT2D eigenvalue weighted by molar-refractivity contribution is 6.14. The molecule has 0 aromatic heterocycles. The van der Waals surface area contributed by atoms with E-state index in [1.807, 2.05) is 42.5 Å². The number of fused-ring (bicyclic) bond motifs is 1. The molecular weight excluding hydrogens is 446 g/mol. The first-order valence-electron chi connectivity index (χ1n) is 11.4. The van der Waals surface area contributed by atoms with Gasteiger partial charge in [0.15, 0.2) is 5.41 Å². The molecule has 0 bridgehead atoms. The van der Waals surface area contributed by atoms with Crippen molar-refractivity contribution in [3.05, 3.63) is 111 Å². The van der Waals surface area contributed by atoms with Gasteiger partial charge in [0, 0.05) is 18.6 Å². The van der Waals surface area contributed by atoms with Crippen molar-refractivity contribution < 1.29 is 24.0 Å². The number of hydrogen-bond donors (Lipinski definition) is 0. The molecule has 0 spiro atoms. The van der Waals surface area contributed by atoms with Gasteiger partial charge in [0.2, 0.25) is 0 Å². The van der Waals surface area contributed by atoms with Gasteiger partial charge in [-0.15, -0.1) is 0 Å². The number of hydrogen-bond acceptors (Lipinski definition) is 6. The standard InChI is InChI=1S/C28H25NO6/c1-3-34-26(30)28(27(31)35-4-2)18-23(22-15-8-9-16-24(22)28)25(19-11-6-5-7-12-19)20-13-10-14-21(17-20)29(32)33/h5-17H,3-4,18H2,1-2H3/b25-23-. The Hall–Kier alpha value is -4.26. The fraction of sp³-hybridized carbons (Fsp3) is 0.214. The number of esters is 2. The molecule has 0 aliphatic heterocycles. The monoisotopic (exact) mass is 471 g/mol. The predicted octanol–water partition coefficient (Wildman–Crippen LogP) is 5.32. The number of benzene rings is 3. The van der Waals surface area contributed by atoms with E-state index in [9.17, 15) is 19.7 Å². The van der Waals surface area contributed by atoms with Crippen LogP contribution in [0.1, 0.15) is 42.5 Å². The third-order valence-corrected chi connectivity index (χ3v) is 6.11. The maximum atomic E-state index is 13.4. The maximum absolute atomic E-state index is 13.4. The van der Waals surface area contributed by atoms with Crippen molar-refractivity contribution >= 4 is 28.8 Å². The molecule has 0 amide bonds. The number of non-ortho nitro benzene ring substituents is 1. The third-order valence-electron chi connectivity index (χ3n) is 6.11. The molecule has 0 fully saturated rings. The first-order valence-corrected chi connectivity index (χ1v) is 11.4. The molecule has 0 N–H and O–H groups in total. The van der Waals surface area contributed by atoms with Crippen molar-refractivity contribution in [3.63, 3.8) is 0 Å². The molecular formula is C28H25NO6. The summed E-state index contributed by atoms with van der Waals surface area (Å²) in [5.41, 5.74) is 2.33. The lowest BCUT2D eigenvalue weighted by Gasteiger charge is -2.25. The summed E-state index contributed by atoms with van der Waals surface area (Å²) in [6, 6.07) is 23.0. The number of carbonyl (C=O) groups excluding carboxylic acids is 2. The van der Waals surface area contributed by atoms with E-state index in [1.165, 1.54) is 12.1 Å². The molecule has 7 heteroatoms. The van der Waals surface area contributed by atoms with E-state index in [2.05, 4.69) is 0 Å². The molecule has 178 valence electrons. The second-order valence-electron chi connectivity index (χ2n) is 8.10. The van der Waals surface area contributed by atoms with Crippen LogP contribution in [0.3, 0.4) is 0 Å². The summed E-state index contributed by atoms with van der Waals surface area (Å²) < 4.78 is 10.8. The Balaban J connectivity index is 2.06. The average molecular weight is 472 g/mol. The van der Waals surface area contributed by atoms with Crippen LogP contribution in [0.25, 0.3) is 11.1 Å². The second-order valence-corrected chi connectivity index (χ2v) is 8.10. The number of allylic oxidation sites excluding steroid dienone is 1. The fourth-order valence-electron chi connectivity index (χ4n) is 4.65. The van der Waals surface area contributed by atoms with Gasteiger partial charge in [-0.25, -0.2) is 0 Å². The van der Waals surface area contributed by atoms with Crippen LogP contribution in [0, 0.1) is 10.1 Å². The molecule has 0 saturated heterocycles.